The van der Waals surface area contributed by atoms with Crippen molar-refractivity contribution >= 4 is 11.9 Å². The highest BCUT2D eigenvalue weighted by molar-refractivity contribution is 6.05. The van der Waals surface area contributed by atoms with Gasteiger partial charge in [0.25, 0.3) is 5.91 Å². The summed E-state index contributed by atoms with van der Waals surface area (Å²) in [5.74, 6) is 1.33. The lowest BCUT2D eigenvalue weighted by Crippen LogP contribution is -2.37. The number of carbonyl (C=O) groups excluding carboxylic acids is 1. The molecule has 2 aliphatic rings. The third-order valence-electron chi connectivity index (χ3n) is 3.23. The molecule has 1 aromatic carbocycles. The number of hydrogen-bond acceptors (Lipinski definition) is 4. The van der Waals surface area contributed by atoms with Crippen LogP contribution in [0.1, 0.15) is 38.3 Å². The first-order valence-corrected chi connectivity index (χ1v) is 7.03. The number of aliphatic imine (C=N–C) groups is 1. The normalized spacial score (nSPS) is 21.6. The average Bonchev–Trinajstić information content (AvgIpc) is 3.12. The summed E-state index contributed by atoms with van der Waals surface area (Å²) in [4.78, 5) is 16.4. The second-order valence-corrected chi connectivity index (χ2v) is 5.52. The summed E-state index contributed by atoms with van der Waals surface area (Å²) in [6.45, 7) is 3.97. The topological polar surface area (TPSA) is 62.7 Å². The van der Waals surface area contributed by atoms with Crippen molar-refractivity contribution in [3.05, 3.63) is 29.8 Å². The van der Waals surface area contributed by atoms with Crippen LogP contribution in [0.15, 0.2) is 29.3 Å². The molecule has 3 rings (SSSR count). The minimum Gasteiger partial charge on any atom is -0.491 e. The van der Waals surface area contributed by atoms with Gasteiger partial charge >= 0.3 is 0 Å². The summed E-state index contributed by atoms with van der Waals surface area (Å²) in [5.41, 5.74) is 0.881. The molecule has 1 amide bonds. The van der Waals surface area contributed by atoms with Crippen LogP contribution in [0.4, 0.5) is 0 Å². The van der Waals surface area contributed by atoms with Gasteiger partial charge in [-0.2, -0.15) is 0 Å². The predicted octanol–water partition coefficient (Wildman–Crippen LogP) is 1.75. The number of benzene rings is 1. The number of hydrogen-bond donors (Lipinski definition) is 2. The summed E-state index contributed by atoms with van der Waals surface area (Å²) >= 11 is 0. The van der Waals surface area contributed by atoms with Crippen LogP contribution in [-0.4, -0.2) is 24.0 Å². The summed E-state index contributed by atoms with van der Waals surface area (Å²) in [6, 6.07) is 7.57. The largest absolute Gasteiger partial charge is 0.491 e. The Hall–Kier alpha value is -2.04. The minimum atomic E-state index is -0.454. The van der Waals surface area contributed by atoms with Crippen LogP contribution in [0, 0.1) is 0 Å². The second-order valence-electron chi connectivity index (χ2n) is 5.52. The molecule has 2 N–H and O–H groups in total. The summed E-state index contributed by atoms with van der Waals surface area (Å²) in [6.07, 6.45) is 2.45. The highest BCUT2D eigenvalue weighted by atomic mass is 16.5. The van der Waals surface area contributed by atoms with Gasteiger partial charge in [0.2, 0.25) is 0 Å². The third kappa shape index (κ3) is 2.92. The van der Waals surface area contributed by atoms with Gasteiger partial charge in [-0.3, -0.25) is 10.1 Å². The molecule has 1 aromatic rings. The third-order valence-corrected chi connectivity index (χ3v) is 3.23. The number of rotatable bonds is 4. The molecule has 0 aromatic heterocycles. The maximum Gasteiger partial charge on any atom is 0.256 e. The van der Waals surface area contributed by atoms with E-state index in [1.54, 1.807) is 0 Å². The van der Waals surface area contributed by atoms with E-state index in [1.807, 2.05) is 38.1 Å². The van der Waals surface area contributed by atoms with Gasteiger partial charge in [-0.25, -0.2) is 4.99 Å². The van der Waals surface area contributed by atoms with E-state index in [4.69, 9.17) is 4.74 Å². The van der Waals surface area contributed by atoms with E-state index in [9.17, 15) is 4.79 Å². The van der Waals surface area contributed by atoms with E-state index in [2.05, 4.69) is 15.6 Å². The molecule has 0 spiro atoms. The SMILES string of the molecule is CC(C)Oc1ccc(C2N=C(NC3CC3)NC2=O)cc1. The second kappa shape index (κ2) is 5.15. The maximum atomic E-state index is 12.0. The molecule has 5 nitrogen and oxygen atoms in total. The molecule has 1 fully saturated rings. The molecular formula is C15H19N3O2. The van der Waals surface area contributed by atoms with Crippen LogP contribution < -0.4 is 15.4 Å². The molecule has 1 heterocycles. The molecule has 20 heavy (non-hydrogen) atoms. The van der Waals surface area contributed by atoms with Crippen molar-refractivity contribution in [3.63, 3.8) is 0 Å². The molecule has 5 heteroatoms. The van der Waals surface area contributed by atoms with Crippen LogP contribution in [0.2, 0.25) is 0 Å². The number of ether oxygens (including phenoxy) is 1. The van der Waals surface area contributed by atoms with Gasteiger partial charge < -0.3 is 10.1 Å². The summed E-state index contributed by atoms with van der Waals surface area (Å²) in [7, 11) is 0. The van der Waals surface area contributed by atoms with E-state index in [0.29, 0.717) is 12.0 Å². The Kier molecular flexibility index (Phi) is 3.34. The van der Waals surface area contributed by atoms with Crippen molar-refractivity contribution in [2.45, 2.75) is 44.9 Å². The zero-order chi connectivity index (χ0) is 14.1. The van der Waals surface area contributed by atoms with Crippen molar-refractivity contribution in [2.75, 3.05) is 0 Å². The first-order chi connectivity index (χ1) is 9.61. The first-order valence-electron chi connectivity index (χ1n) is 7.03. The lowest BCUT2D eigenvalue weighted by atomic mass is 10.1. The first kappa shape index (κ1) is 13.0. The molecule has 1 aliphatic heterocycles. The lowest BCUT2D eigenvalue weighted by Gasteiger charge is -2.10. The highest BCUT2D eigenvalue weighted by Crippen LogP contribution is 2.25. The molecule has 1 unspecified atom stereocenters. The predicted molar refractivity (Wildman–Crippen MR) is 76.7 cm³/mol. The quantitative estimate of drug-likeness (QED) is 0.878. The van der Waals surface area contributed by atoms with Crippen LogP contribution in [0.25, 0.3) is 0 Å². The van der Waals surface area contributed by atoms with Crippen molar-refractivity contribution in [2.24, 2.45) is 4.99 Å². The number of guanidine groups is 1. The van der Waals surface area contributed by atoms with E-state index < -0.39 is 6.04 Å². The zero-order valence-electron chi connectivity index (χ0n) is 11.7. The molecule has 1 atom stereocenters. The van der Waals surface area contributed by atoms with E-state index in [-0.39, 0.29) is 12.0 Å². The van der Waals surface area contributed by atoms with E-state index in [0.717, 1.165) is 24.2 Å². The lowest BCUT2D eigenvalue weighted by molar-refractivity contribution is -0.120. The Labute approximate surface area is 118 Å². The number of nitrogens with zero attached hydrogens (tertiary/aromatic N) is 1. The monoisotopic (exact) mass is 273 g/mol. The van der Waals surface area contributed by atoms with Gasteiger partial charge in [-0.1, -0.05) is 12.1 Å². The Bertz CT molecular complexity index is 533. The number of amides is 1. The van der Waals surface area contributed by atoms with Crippen LogP contribution in [0.5, 0.6) is 5.75 Å². The van der Waals surface area contributed by atoms with Crippen molar-refractivity contribution < 1.29 is 9.53 Å². The Morgan fingerprint density at radius 3 is 2.60 bits per heavy atom. The smallest absolute Gasteiger partial charge is 0.256 e. The molecular weight excluding hydrogens is 254 g/mol. The molecule has 0 bridgehead atoms. The van der Waals surface area contributed by atoms with Gasteiger partial charge in [0.05, 0.1) is 6.10 Å². The minimum absolute atomic E-state index is 0.0781. The molecule has 1 aliphatic carbocycles. The van der Waals surface area contributed by atoms with Gasteiger partial charge in [-0.15, -0.1) is 0 Å². The van der Waals surface area contributed by atoms with E-state index in [1.165, 1.54) is 0 Å². The summed E-state index contributed by atoms with van der Waals surface area (Å²) < 4.78 is 5.59. The fraction of sp³-hybridized carbons (Fsp3) is 0.467. The van der Waals surface area contributed by atoms with Gasteiger partial charge in [0.15, 0.2) is 12.0 Å². The molecule has 0 radical (unpaired) electrons. The summed E-state index contributed by atoms with van der Waals surface area (Å²) in [5, 5.41) is 6.00. The van der Waals surface area contributed by atoms with Gasteiger partial charge in [-0.05, 0) is 44.4 Å². The fourth-order valence-electron chi connectivity index (χ4n) is 2.13. The number of carbonyl (C=O) groups is 1. The van der Waals surface area contributed by atoms with Gasteiger partial charge in [0.1, 0.15) is 5.75 Å². The molecule has 1 saturated carbocycles. The zero-order valence-corrected chi connectivity index (χ0v) is 11.7. The Morgan fingerprint density at radius 2 is 2.00 bits per heavy atom. The highest BCUT2D eigenvalue weighted by Gasteiger charge is 2.31. The van der Waals surface area contributed by atoms with Crippen molar-refractivity contribution in [3.8, 4) is 5.75 Å². The Balaban J connectivity index is 1.71. The standard InChI is InChI=1S/C15H19N3O2/c1-9(2)20-12-7-3-10(4-8-12)13-14(19)18-15(17-13)16-11-5-6-11/h3-4,7-9,11,13H,5-6H2,1-2H3,(H2,16,17,18,19). The number of nitrogens with one attached hydrogen (secondary N) is 2. The van der Waals surface area contributed by atoms with Crippen molar-refractivity contribution in [1.82, 2.24) is 10.6 Å². The molecule has 106 valence electrons. The fourth-order valence-corrected chi connectivity index (χ4v) is 2.13. The maximum absolute atomic E-state index is 12.0. The van der Waals surface area contributed by atoms with Gasteiger partial charge in [0, 0.05) is 6.04 Å². The average molecular weight is 273 g/mol. The van der Waals surface area contributed by atoms with E-state index >= 15 is 0 Å². The van der Waals surface area contributed by atoms with Crippen LogP contribution in [0.3, 0.4) is 0 Å². The van der Waals surface area contributed by atoms with Crippen molar-refractivity contribution in [1.29, 1.82) is 0 Å². The van der Waals surface area contributed by atoms with Crippen LogP contribution >= 0.6 is 0 Å². The molecule has 0 saturated heterocycles. The Morgan fingerprint density at radius 1 is 1.30 bits per heavy atom. The van der Waals surface area contributed by atoms with Crippen LogP contribution in [-0.2, 0) is 4.79 Å².